The van der Waals surface area contributed by atoms with E-state index in [4.69, 9.17) is 9.47 Å². The molecule has 1 amide bonds. The van der Waals surface area contributed by atoms with Crippen LogP contribution in [0.4, 0.5) is 0 Å². The van der Waals surface area contributed by atoms with Crippen LogP contribution in [0.15, 0.2) is 0 Å². The molecule has 2 heterocycles. The summed E-state index contributed by atoms with van der Waals surface area (Å²) >= 11 is 1.83. The Morgan fingerprint density at radius 1 is 1.29 bits per heavy atom. The first-order valence-electron chi connectivity index (χ1n) is 5.91. The summed E-state index contributed by atoms with van der Waals surface area (Å²) < 4.78 is 10.7. The van der Waals surface area contributed by atoms with Gasteiger partial charge in [-0.1, -0.05) is 0 Å². The van der Waals surface area contributed by atoms with E-state index in [1.165, 1.54) is 0 Å². The first-order chi connectivity index (χ1) is 8.26. The van der Waals surface area contributed by atoms with Gasteiger partial charge in [0, 0.05) is 45.4 Å². The molecule has 0 aromatic carbocycles. The number of rotatable bonds is 3. The molecule has 5 nitrogen and oxygen atoms in total. The zero-order chi connectivity index (χ0) is 12.3. The van der Waals surface area contributed by atoms with Crippen LogP contribution in [0.1, 0.15) is 0 Å². The molecule has 1 N–H and O–H groups in total. The monoisotopic (exact) mass is 260 g/mol. The molecule has 0 aliphatic carbocycles. The fourth-order valence-electron chi connectivity index (χ4n) is 2.32. The second-order valence-electron chi connectivity index (χ2n) is 4.37. The smallest absolute Gasteiger partial charge is 0.240 e. The highest BCUT2D eigenvalue weighted by Crippen LogP contribution is 2.18. The number of methoxy groups -OCH3 is 2. The van der Waals surface area contributed by atoms with E-state index in [-0.39, 0.29) is 24.2 Å². The van der Waals surface area contributed by atoms with Crippen molar-refractivity contribution in [2.24, 2.45) is 0 Å². The van der Waals surface area contributed by atoms with Crippen molar-refractivity contribution in [3.8, 4) is 0 Å². The average molecular weight is 260 g/mol. The molecule has 17 heavy (non-hydrogen) atoms. The molecule has 0 aromatic heterocycles. The van der Waals surface area contributed by atoms with E-state index < -0.39 is 0 Å². The predicted molar refractivity (Wildman–Crippen MR) is 67.3 cm³/mol. The van der Waals surface area contributed by atoms with Crippen LogP contribution >= 0.6 is 11.8 Å². The van der Waals surface area contributed by atoms with Crippen LogP contribution in [0, 0.1) is 0 Å². The van der Waals surface area contributed by atoms with E-state index in [2.05, 4.69) is 5.32 Å². The lowest BCUT2D eigenvalue weighted by Gasteiger charge is -2.26. The molecule has 0 saturated carbocycles. The van der Waals surface area contributed by atoms with Crippen LogP contribution < -0.4 is 5.32 Å². The summed E-state index contributed by atoms with van der Waals surface area (Å²) in [4.78, 5) is 14.1. The lowest BCUT2D eigenvalue weighted by atomic mass is 10.3. The van der Waals surface area contributed by atoms with E-state index in [0.29, 0.717) is 13.1 Å². The van der Waals surface area contributed by atoms with Gasteiger partial charge in [0.2, 0.25) is 5.91 Å². The maximum atomic E-state index is 12.3. The van der Waals surface area contributed by atoms with E-state index in [1.807, 2.05) is 16.7 Å². The highest BCUT2D eigenvalue weighted by Gasteiger charge is 2.38. The van der Waals surface area contributed by atoms with Crippen molar-refractivity contribution in [2.75, 3.05) is 45.4 Å². The third kappa shape index (κ3) is 2.93. The van der Waals surface area contributed by atoms with Gasteiger partial charge in [0.25, 0.3) is 0 Å². The molecule has 0 spiro atoms. The number of amides is 1. The summed E-state index contributed by atoms with van der Waals surface area (Å²) in [5, 5.41) is 3.27. The van der Waals surface area contributed by atoms with Crippen LogP contribution in [-0.4, -0.2) is 74.4 Å². The minimum atomic E-state index is -0.0399. The Morgan fingerprint density at radius 2 is 1.94 bits per heavy atom. The number of ether oxygens (including phenoxy) is 2. The molecule has 2 aliphatic rings. The quantitative estimate of drug-likeness (QED) is 0.746. The van der Waals surface area contributed by atoms with Gasteiger partial charge in [-0.05, 0) is 0 Å². The van der Waals surface area contributed by atoms with E-state index in [9.17, 15) is 4.79 Å². The summed E-state index contributed by atoms with van der Waals surface area (Å²) in [7, 11) is 3.33. The van der Waals surface area contributed by atoms with Gasteiger partial charge in [-0.25, -0.2) is 0 Å². The molecule has 2 rings (SSSR count). The number of hydrogen-bond donors (Lipinski definition) is 1. The molecular formula is C11H20N2O3S. The summed E-state index contributed by atoms with van der Waals surface area (Å²) in [5.74, 6) is 2.13. The molecule has 2 saturated heterocycles. The lowest BCUT2D eigenvalue weighted by molar-refractivity contribution is -0.132. The molecule has 98 valence electrons. The van der Waals surface area contributed by atoms with Gasteiger partial charge in [0.15, 0.2) is 0 Å². The number of likely N-dealkylation sites (tertiary alicyclic amines) is 1. The second-order valence-corrected chi connectivity index (χ2v) is 5.52. The number of thioether (sulfide) groups is 1. The number of carbonyl (C=O) groups excluding carboxylic acids is 1. The van der Waals surface area contributed by atoms with Crippen LogP contribution in [0.5, 0.6) is 0 Å². The first-order valence-corrected chi connectivity index (χ1v) is 7.07. The lowest BCUT2D eigenvalue weighted by Crippen LogP contribution is -2.50. The van der Waals surface area contributed by atoms with Gasteiger partial charge in [0.1, 0.15) is 12.2 Å². The van der Waals surface area contributed by atoms with Crippen LogP contribution in [-0.2, 0) is 14.3 Å². The molecular weight excluding hydrogens is 240 g/mol. The van der Waals surface area contributed by atoms with Crippen molar-refractivity contribution in [2.45, 2.75) is 18.2 Å². The van der Waals surface area contributed by atoms with Crippen molar-refractivity contribution in [1.82, 2.24) is 10.2 Å². The first kappa shape index (κ1) is 13.1. The zero-order valence-corrected chi connectivity index (χ0v) is 11.2. The molecule has 6 heteroatoms. The number of hydrogen-bond acceptors (Lipinski definition) is 5. The fourth-order valence-corrected chi connectivity index (χ4v) is 3.25. The maximum absolute atomic E-state index is 12.3. The second kappa shape index (κ2) is 6.04. The van der Waals surface area contributed by atoms with Crippen molar-refractivity contribution in [1.29, 1.82) is 0 Å². The highest BCUT2D eigenvalue weighted by atomic mass is 32.2. The normalized spacial score (nSPS) is 34.0. The van der Waals surface area contributed by atoms with E-state index >= 15 is 0 Å². The van der Waals surface area contributed by atoms with Crippen LogP contribution in [0.3, 0.4) is 0 Å². The minimum absolute atomic E-state index is 0.000179. The molecule has 2 aliphatic heterocycles. The zero-order valence-electron chi connectivity index (χ0n) is 10.3. The summed E-state index contributed by atoms with van der Waals surface area (Å²) in [6, 6.07) is -0.0399. The molecule has 3 atom stereocenters. The summed E-state index contributed by atoms with van der Waals surface area (Å²) in [6.07, 6.45) is 0.000359. The molecule has 0 radical (unpaired) electrons. The van der Waals surface area contributed by atoms with Crippen LogP contribution in [0.25, 0.3) is 0 Å². The Hall–Kier alpha value is -0.300. The van der Waals surface area contributed by atoms with Gasteiger partial charge >= 0.3 is 0 Å². The Bertz CT molecular complexity index is 259. The third-order valence-electron chi connectivity index (χ3n) is 3.35. The SMILES string of the molecule is COC1CN(C(=O)C2CSCCN2)CC1OC. The largest absolute Gasteiger partial charge is 0.377 e. The number of nitrogens with zero attached hydrogens (tertiary/aromatic N) is 1. The predicted octanol–water partition coefficient (Wildman–Crippen LogP) is -0.436. The van der Waals surface area contributed by atoms with Crippen molar-refractivity contribution in [3.05, 3.63) is 0 Å². The van der Waals surface area contributed by atoms with E-state index in [0.717, 1.165) is 18.1 Å². The standard InChI is InChI=1S/C11H20N2O3S/c1-15-9-5-13(6-10(9)16-2)11(14)8-7-17-4-3-12-8/h8-10,12H,3-7H2,1-2H3. The highest BCUT2D eigenvalue weighted by molar-refractivity contribution is 7.99. The molecule has 0 bridgehead atoms. The van der Waals surface area contributed by atoms with Gasteiger partial charge in [-0.3, -0.25) is 4.79 Å². The van der Waals surface area contributed by atoms with Crippen molar-refractivity contribution in [3.63, 3.8) is 0 Å². The number of nitrogens with one attached hydrogen (secondary N) is 1. The fraction of sp³-hybridized carbons (Fsp3) is 0.909. The topological polar surface area (TPSA) is 50.8 Å². The number of carbonyl (C=O) groups is 1. The Balaban J connectivity index is 1.92. The Morgan fingerprint density at radius 3 is 2.41 bits per heavy atom. The van der Waals surface area contributed by atoms with Gasteiger partial charge in [0.05, 0.1) is 6.04 Å². The van der Waals surface area contributed by atoms with Crippen molar-refractivity contribution < 1.29 is 14.3 Å². The average Bonchev–Trinajstić information content (AvgIpc) is 2.82. The summed E-state index contributed by atoms with van der Waals surface area (Å²) in [6.45, 7) is 2.18. The van der Waals surface area contributed by atoms with Gasteiger partial charge < -0.3 is 19.7 Å². The maximum Gasteiger partial charge on any atom is 0.240 e. The minimum Gasteiger partial charge on any atom is -0.377 e. The third-order valence-corrected chi connectivity index (χ3v) is 4.41. The molecule has 2 fully saturated rings. The molecule has 0 aromatic rings. The van der Waals surface area contributed by atoms with Gasteiger partial charge in [-0.2, -0.15) is 11.8 Å². The summed E-state index contributed by atoms with van der Waals surface area (Å²) in [5.41, 5.74) is 0. The Kier molecular flexibility index (Phi) is 4.67. The van der Waals surface area contributed by atoms with E-state index in [1.54, 1.807) is 14.2 Å². The molecule has 3 unspecified atom stereocenters. The van der Waals surface area contributed by atoms with Crippen molar-refractivity contribution >= 4 is 17.7 Å². The Labute approximate surface area is 106 Å². The van der Waals surface area contributed by atoms with Gasteiger partial charge in [-0.15, -0.1) is 0 Å². The van der Waals surface area contributed by atoms with Crippen LogP contribution in [0.2, 0.25) is 0 Å².